The first-order valence-electron chi connectivity index (χ1n) is 6.11. The van der Waals surface area contributed by atoms with Gasteiger partial charge in [0.25, 0.3) is 5.91 Å². The van der Waals surface area contributed by atoms with E-state index in [9.17, 15) is 9.90 Å². The maximum Gasteiger partial charge on any atom is 0.261 e. The fourth-order valence-corrected chi connectivity index (χ4v) is 1.88. The van der Waals surface area contributed by atoms with Crippen LogP contribution >= 0.6 is 0 Å². The van der Waals surface area contributed by atoms with Gasteiger partial charge >= 0.3 is 0 Å². The molecule has 2 rings (SSSR count). The molecule has 2 aromatic rings. The van der Waals surface area contributed by atoms with E-state index in [1.165, 1.54) is 4.90 Å². The summed E-state index contributed by atoms with van der Waals surface area (Å²) in [6.45, 7) is 1.85. The zero-order valence-electron chi connectivity index (χ0n) is 11.3. The summed E-state index contributed by atoms with van der Waals surface area (Å²) < 4.78 is 0. The number of nitriles is 1. The number of hydrogen-bond acceptors (Lipinski definition) is 3. The van der Waals surface area contributed by atoms with E-state index in [-0.39, 0.29) is 17.2 Å². The Hall–Kier alpha value is -2.80. The lowest BCUT2D eigenvalue weighted by atomic mass is 10.1. The van der Waals surface area contributed by atoms with Gasteiger partial charge in [-0.1, -0.05) is 6.07 Å². The predicted molar refractivity (Wildman–Crippen MR) is 76.7 cm³/mol. The normalized spacial score (nSPS) is 9.85. The lowest BCUT2D eigenvalue weighted by molar-refractivity contribution is 0.0990. The zero-order valence-corrected chi connectivity index (χ0v) is 11.3. The fraction of sp³-hybridized carbons (Fsp3) is 0.125. The molecule has 0 saturated carbocycles. The smallest absolute Gasteiger partial charge is 0.261 e. The Labute approximate surface area is 117 Å². The SMILES string of the molecule is Cc1ccc(C(=O)N(C)c2ccc(C#N)cc2)c(O)c1. The molecule has 100 valence electrons. The number of hydrogen-bond donors (Lipinski definition) is 1. The van der Waals surface area contributed by atoms with Gasteiger partial charge < -0.3 is 10.0 Å². The third kappa shape index (κ3) is 2.62. The highest BCUT2D eigenvalue weighted by atomic mass is 16.3. The summed E-state index contributed by atoms with van der Waals surface area (Å²) in [7, 11) is 1.63. The molecule has 0 heterocycles. The van der Waals surface area contributed by atoms with Gasteiger partial charge in [0.2, 0.25) is 0 Å². The Morgan fingerprint density at radius 3 is 2.40 bits per heavy atom. The number of amides is 1. The van der Waals surface area contributed by atoms with Crippen LogP contribution in [-0.2, 0) is 0 Å². The number of carbonyl (C=O) groups excluding carboxylic acids is 1. The lowest BCUT2D eigenvalue weighted by Crippen LogP contribution is -2.26. The van der Waals surface area contributed by atoms with Crippen LogP contribution in [0.4, 0.5) is 5.69 Å². The molecule has 0 saturated heterocycles. The van der Waals surface area contributed by atoms with Gasteiger partial charge in [-0.25, -0.2) is 0 Å². The van der Waals surface area contributed by atoms with Gasteiger partial charge in [0.05, 0.1) is 17.2 Å². The zero-order chi connectivity index (χ0) is 14.7. The van der Waals surface area contributed by atoms with Crippen LogP contribution < -0.4 is 4.90 Å². The minimum atomic E-state index is -0.299. The topological polar surface area (TPSA) is 64.3 Å². The molecule has 0 aromatic heterocycles. The van der Waals surface area contributed by atoms with E-state index in [4.69, 9.17) is 5.26 Å². The van der Waals surface area contributed by atoms with Crippen molar-refractivity contribution in [2.24, 2.45) is 0 Å². The van der Waals surface area contributed by atoms with E-state index >= 15 is 0 Å². The van der Waals surface area contributed by atoms with Crippen molar-refractivity contribution in [3.8, 4) is 11.8 Å². The molecule has 2 aromatic carbocycles. The molecule has 0 radical (unpaired) electrons. The maximum absolute atomic E-state index is 12.3. The molecule has 0 atom stereocenters. The number of benzene rings is 2. The summed E-state index contributed by atoms with van der Waals surface area (Å²) in [5.74, 6) is -0.331. The molecule has 4 heteroatoms. The average molecular weight is 266 g/mol. The molecule has 4 nitrogen and oxygen atoms in total. The van der Waals surface area contributed by atoms with Crippen molar-refractivity contribution >= 4 is 11.6 Å². The summed E-state index contributed by atoms with van der Waals surface area (Å²) >= 11 is 0. The van der Waals surface area contributed by atoms with Crippen LogP contribution in [0, 0.1) is 18.3 Å². The molecule has 0 aliphatic rings. The highest BCUT2D eigenvalue weighted by Crippen LogP contribution is 2.23. The van der Waals surface area contributed by atoms with E-state index in [0.29, 0.717) is 11.3 Å². The van der Waals surface area contributed by atoms with E-state index < -0.39 is 0 Å². The number of phenols is 1. The Morgan fingerprint density at radius 2 is 1.85 bits per heavy atom. The molecule has 20 heavy (non-hydrogen) atoms. The number of anilines is 1. The Bertz CT molecular complexity index is 685. The Kier molecular flexibility index (Phi) is 3.72. The van der Waals surface area contributed by atoms with E-state index in [2.05, 4.69) is 0 Å². The van der Waals surface area contributed by atoms with Gasteiger partial charge in [-0.3, -0.25) is 4.79 Å². The molecule has 0 bridgehead atoms. The first-order valence-corrected chi connectivity index (χ1v) is 6.11. The lowest BCUT2D eigenvalue weighted by Gasteiger charge is -2.18. The van der Waals surface area contributed by atoms with Crippen molar-refractivity contribution in [3.63, 3.8) is 0 Å². The third-order valence-electron chi connectivity index (χ3n) is 3.07. The van der Waals surface area contributed by atoms with Crippen molar-refractivity contribution in [1.82, 2.24) is 0 Å². The van der Waals surface area contributed by atoms with Gasteiger partial charge in [-0.05, 0) is 48.9 Å². The van der Waals surface area contributed by atoms with Crippen LogP contribution in [0.25, 0.3) is 0 Å². The molecule has 1 amide bonds. The van der Waals surface area contributed by atoms with Crippen LogP contribution in [0.5, 0.6) is 5.75 Å². The number of aryl methyl sites for hydroxylation is 1. The summed E-state index contributed by atoms with van der Waals surface area (Å²) in [4.78, 5) is 13.8. The highest BCUT2D eigenvalue weighted by Gasteiger charge is 2.17. The Balaban J connectivity index is 2.30. The molecule has 0 aliphatic carbocycles. The van der Waals surface area contributed by atoms with E-state index in [1.54, 1.807) is 49.5 Å². The summed E-state index contributed by atoms with van der Waals surface area (Å²) in [5.41, 5.74) is 2.34. The van der Waals surface area contributed by atoms with Gasteiger partial charge in [0.15, 0.2) is 0 Å². The van der Waals surface area contributed by atoms with Crippen LogP contribution in [0.1, 0.15) is 21.5 Å². The van der Waals surface area contributed by atoms with E-state index in [1.807, 2.05) is 13.0 Å². The van der Waals surface area contributed by atoms with Crippen LogP contribution in [0.2, 0.25) is 0 Å². The minimum Gasteiger partial charge on any atom is -0.507 e. The molecule has 0 spiro atoms. The predicted octanol–water partition coefficient (Wildman–Crippen LogP) is 2.85. The van der Waals surface area contributed by atoms with Gasteiger partial charge in [0, 0.05) is 12.7 Å². The van der Waals surface area contributed by atoms with Crippen molar-refractivity contribution in [2.45, 2.75) is 6.92 Å². The monoisotopic (exact) mass is 266 g/mol. The number of nitrogens with zero attached hydrogens (tertiary/aromatic N) is 2. The largest absolute Gasteiger partial charge is 0.507 e. The number of phenolic OH excluding ortho intramolecular Hbond substituents is 1. The van der Waals surface area contributed by atoms with Crippen molar-refractivity contribution in [1.29, 1.82) is 5.26 Å². The second-order valence-electron chi connectivity index (χ2n) is 4.54. The minimum absolute atomic E-state index is 0.0319. The fourth-order valence-electron chi connectivity index (χ4n) is 1.88. The summed E-state index contributed by atoms with van der Waals surface area (Å²) in [6.07, 6.45) is 0. The quantitative estimate of drug-likeness (QED) is 0.909. The maximum atomic E-state index is 12.3. The highest BCUT2D eigenvalue weighted by molar-refractivity contribution is 6.07. The Morgan fingerprint density at radius 1 is 1.20 bits per heavy atom. The van der Waals surface area contributed by atoms with Crippen LogP contribution in [-0.4, -0.2) is 18.1 Å². The number of carbonyl (C=O) groups is 1. The van der Waals surface area contributed by atoms with Crippen molar-refractivity contribution in [2.75, 3.05) is 11.9 Å². The standard InChI is InChI=1S/C16H14N2O2/c1-11-3-8-14(15(19)9-11)16(20)18(2)13-6-4-12(10-17)5-7-13/h3-9,19H,1-2H3. The summed E-state index contributed by atoms with van der Waals surface area (Å²) in [5, 5.41) is 18.6. The number of aromatic hydroxyl groups is 1. The first kappa shape index (κ1) is 13.6. The first-order chi connectivity index (χ1) is 9.52. The van der Waals surface area contributed by atoms with Crippen LogP contribution in [0.3, 0.4) is 0 Å². The van der Waals surface area contributed by atoms with Crippen molar-refractivity contribution < 1.29 is 9.90 Å². The second kappa shape index (κ2) is 5.45. The van der Waals surface area contributed by atoms with Gasteiger partial charge in [-0.15, -0.1) is 0 Å². The average Bonchev–Trinajstić information content (AvgIpc) is 2.46. The molecule has 0 fully saturated rings. The van der Waals surface area contributed by atoms with Crippen LogP contribution in [0.15, 0.2) is 42.5 Å². The van der Waals surface area contributed by atoms with Crippen molar-refractivity contribution in [3.05, 3.63) is 59.2 Å². The van der Waals surface area contributed by atoms with E-state index in [0.717, 1.165) is 5.56 Å². The third-order valence-corrected chi connectivity index (χ3v) is 3.07. The van der Waals surface area contributed by atoms with Gasteiger partial charge in [-0.2, -0.15) is 5.26 Å². The molecular formula is C16H14N2O2. The molecule has 0 unspecified atom stereocenters. The second-order valence-corrected chi connectivity index (χ2v) is 4.54. The molecular weight excluding hydrogens is 252 g/mol. The molecule has 1 N–H and O–H groups in total. The van der Waals surface area contributed by atoms with Gasteiger partial charge in [0.1, 0.15) is 5.75 Å². The number of rotatable bonds is 2. The summed E-state index contributed by atoms with van der Waals surface area (Å²) in [6, 6.07) is 13.6. The molecule has 0 aliphatic heterocycles.